The van der Waals surface area contributed by atoms with Crippen molar-refractivity contribution < 1.29 is 19.1 Å². The van der Waals surface area contributed by atoms with Crippen LogP contribution in [0.25, 0.3) is 0 Å². The molecule has 0 aliphatic heterocycles. The molecule has 1 aromatic rings. The molecule has 20 heavy (non-hydrogen) atoms. The average molecular weight is 271 g/mol. The van der Waals surface area contributed by atoms with Gasteiger partial charge in [-0.3, -0.25) is 9.59 Å². The Kier molecular flexibility index (Phi) is 3.41. The highest BCUT2D eigenvalue weighted by atomic mass is 16.5. The number of carbonyl (C=O) groups is 3. The first-order chi connectivity index (χ1) is 9.53. The van der Waals surface area contributed by atoms with Gasteiger partial charge in [0.05, 0.1) is 18.7 Å². The lowest BCUT2D eigenvalue weighted by atomic mass is 9.94. The number of esters is 1. The Bertz CT molecular complexity index is 614. The second-order valence-electron chi connectivity index (χ2n) is 4.79. The van der Waals surface area contributed by atoms with Crippen molar-refractivity contribution >= 4 is 18.0 Å². The second-order valence-corrected chi connectivity index (χ2v) is 4.79. The van der Waals surface area contributed by atoms with Crippen molar-refractivity contribution in [2.75, 3.05) is 7.11 Å². The lowest BCUT2D eigenvalue weighted by Gasteiger charge is -2.11. The number of aldehydes is 1. The standard InChI is InChI=1S/C15H13NO4/c1-9(18)15(14(19)20-2)12(8-17)13(15)11-5-3-10(7-16)4-6-11/h3-6,8,12-13H,1-2H3/t12-,13-,15+/m1/s1. The van der Waals surface area contributed by atoms with Crippen molar-refractivity contribution in [2.45, 2.75) is 12.8 Å². The molecule has 0 heterocycles. The lowest BCUT2D eigenvalue weighted by Crippen LogP contribution is -2.29. The largest absolute Gasteiger partial charge is 0.468 e. The van der Waals surface area contributed by atoms with Crippen LogP contribution in [0.15, 0.2) is 24.3 Å². The van der Waals surface area contributed by atoms with Crippen LogP contribution in [0.2, 0.25) is 0 Å². The Morgan fingerprint density at radius 3 is 2.35 bits per heavy atom. The predicted octanol–water partition coefficient (Wildman–Crippen LogP) is 1.22. The van der Waals surface area contributed by atoms with Crippen molar-refractivity contribution in [1.82, 2.24) is 0 Å². The van der Waals surface area contributed by atoms with Gasteiger partial charge in [0.25, 0.3) is 0 Å². The molecular formula is C15H13NO4. The normalized spacial score (nSPS) is 27.2. The summed E-state index contributed by atoms with van der Waals surface area (Å²) >= 11 is 0. The van der Waals surface area contributed by atoms with Gasteiger partial charge in [-0.25, -0.2) is 0 Å². The highest BCUT2D eigenvalue weighted by Crippen LogP contribution is 2.65. The van der Waals surface area contributed by atoms with E-state index in [1.807, 2.05) is 6.07 Å². The number of carbonyl (C=O) groups excluding carboxylic acids is 3. The molecule has 1 aliphatic carbocycles. The van der Waals surface area contributed by atoms with E-state index in [1.165, 1.54) is 14.0 Å². The van der Waals surface area contributed by atoms with Crippen LogP contribution in [-0.2, 0) is 19.1 Å². The highest BCUT2D eigenvalue weighted by Gasteiger charge is 2.74. The van der Waals surface area contributed by atoms with Gasteiger partial charge in [-0.2, -0.15) is 5.26 Å². The molecular weight excluding hydrogens is 258 g/mol. The van der Waals surface area contributed by atoms with E-state index in [0.717, 1.165) is 0 Å². The minimum atomic E-state index is -1.41. The monoisotopic (exact) mass is 271 g/mol. The summed E-state index contributed by atoms with van der Waals surface area (Å²) < 4.78 is 4.70. The van der Waals surface area contributed by atoms with Gasteiger partial charge in [-0.05, 0) is 24.6 Å². The maximum Gasteiger partial charge on any atom is 0.320 e. The SMILES string of the molecule is COC(=O)[C@@]1(C(C)=O)[C@H](C=O)[C@H]1c1ccc(C#N)cc1. The summed E-state index contributed by atoms with van der Waals surface area (Å²) in [5, 5.41) is 8.76. The number of benzene rings is 1. The molecule has 2 rings (SSSR count). The Morgan fingerprint density at radius 2 is 1.95 bits per heavy atom. The van der Waals surface area contributed by atoms with Gasteiger partial charge in [-0.15, -0.1) is 0 Å². The van der Waals surface area contributed by atoms with Crippen molar-refractivity contribution in [1.29, 1.82) is 5.26 Å². The minimum absolute atomic E-state index is 0.379. The average Bonchev–Trinajstić information content (AvgIpc) is 3.16. The number of rotatable bonds is 4. The molecule has 0 aromatic heterocycles. The topological polar surface area (TPSA) is 84.2 Å². The Balaban J connectivity index is 2.45. The van der Waals surface area contributed by atoms with Crippen LogP contribution >= 0.6 is 0 Å². The molecule has 1 fully saturated rings. The quantitative estimate of drug-likeness (QED) is 0.467. The van der Waals surface area contributed by atoms with Crippen molar-refractivity contribution in [3.8, 4) is 6.07 Å². The molecule has 0 amide bonds. The molecule has 0 saturated heterocycles. The van der Waals surface area contributed by atoms with Gasteiger partial charge in [0, 0.05) is 11.8 Å². The summed E-state index contributed by atoms with van der Waals surface area (Å²) in [5.41, 5.74) is -0.254. The van der Waals surface area contributed by atoms with Crippen molar-refractivity contribution in [3.63, 3.8) is 0 Å². The van der Waals surface area contributed by atoms with Crippen LogP contribution < -0.4 is 0 Å². The molecule has 1 aromatic carbocycles. The number of Topliss-reactive ketones (excluding diaryl/α,β-unsaturated/α-hetero) is 1. The number of hydrogen-bond acceptors (Lipinski definition) is 5. The van der Waals surface area contributed by atoms with E-state index < -0.39 is 23.2 Å². The summed E-state index contributed by atoms with van der Waals surface area (Å²) in [6, 6.07) is 8.50. The first-order valence-electron chi connectivity index (χ1n) is 6.08. The van der Waals surface area contributed by atoms with Crippen LogP contribution in [0, 0.1) is 22.7 Å². The third-order valence-corrected chi connectivity index (χ3v) is 3.92. The molecule has 5 nitrogen and oxygen atoms in total. The molecule has 0 spiro atoms. The summed E-state index contributed by atoms with van der Waals surface area (Å²) in [5.74, 6) is -2.29. The van der Waals surface area contributed by atoms with Crippen molar-refractivity contribution in [3.05, 3.63) is 35.4 Å². The Labute approximate surface area is 116 Å². The Morgan fingerprint density at radius 1 is 1.35 bits per heavy atom. The van der Waals surface area contributed by atoms with E-state index >= 15 is 0 Å². The zero-order valence-electron chi connectivity index (χ0n) is 11.1. The fourth-order valence-electron chi connectivity index (χ4n) is 2.87. The predicted molar refractivity (Wildman–Crippen MR) is 68.6 cm³/mol. The summed E-state index contributed by atoms with van der Waals surface area (Å²) in [6.07, 6.45) is 0.626. The van der Waals surface area contributed by atoms with Gasteiger partial charge < -0.3 is 9.53 Å². The second kappa shape index (κ2) is 4.89. The van der Waals surface area contributed by atoms with E-state index in [2.05, 4.69) is 0 Å². The van der Waals surface area contributed by atoms with Gasteiger partial charge >= 0.3 is 5.97 Å². The molecule has 1 saturated carbocycles. The number of ketones is 1. The van der Waals surface area contributed by atoms with Crippen LogP contribution in [0.5, 0.6) is 0 Å². The third kappa shape index (κ3) is 1.73. The molecule has 0 bridgehead atoms. The molecule has 1 aliphatic rings. The van der Waals surface area contributed by atoms with E-state index in [1.54, 1.807) is 24.3 Å². The fraction of sp³-hybridized carbons (Fsp3) is 0.333. The molecule has 0 N–H and O–H groups in total. The smallest absolute Gasteiger partial charge is 0.320 e. The van der Waals surface area contributed by atoms with Crippen LogP contribution in [-0.4, -0.2) is 25.1 Å². The zero-order chi connectivity index (χ0) is 14.9. The number of nitriles is 1. The maximum atomic E-state index is 12.0. The fourth-order valence-corrected chi connectivity index (χ4v) is 2.87. The number of ether oxygens (including phenoxy) is 1. The van der Waals surface area contributed by atoms with Gasteiger partial charge in [0.2, 0.25) is 0 Å². The van der Waals surface area contributed by atoms with E-state index in [9.17, 15) is 14.4 Å². The van der Waals surface area contributed by atoms with Gasteiger partial charge in [0.15, 0.2) is 0 Å². The molecule has 5 heteroatoms. The van der Waals surface area contributed by atoms with Gasteiger partial charge in [0.1, 0.15) is 17.5 Å². The van der Waals surface area contributed by atoms with Gasteiger partial charge in [-0.1, -0.05) is 12.1 Å². The molecule has 0 unspecified atom stereocenters. The summed E-state index contributed by atoms with van der Waals surface area (Å²) in [6.45, 7) is 1.29. The maximum absolute atomic E-state index is 12.0. The lowest BCUT2D eigenvalue weighted by molar-refractivity contribution is -0.152. The first-order valence-corrected chi connectivity index (χ1v) is 6.08. The van der Waals surface area contributed by atoms with E-state index in [4.69, 9.17) is 10.00 Å². The number of methoxy groups -OCH3 is 1. The number of hydrogen-bond donors (Lipinski definition) is 0. The van der Waals surface area contributed by atoms with E-state index in [-0.39, 0.29) is 5.78 Å². The minimum Gasteiger partial charge on any atom is -0.468 e. The summed E-state index contributed by atoms with van der Waals surface area (Å²) in [4.78, 5) is 35.1. The van der Waals surface area contributed by atoms with Crippen LogP contribution in [0.1, 0.15) is 24.0 Å². The first kappa shape index (κ1) is 13.9. The summed E-state index contributed by atoms with van der Waals surface area (Å²) in [7, 11) is 1.20. The molecule has 3 atom stereocenters. The number of nitrogens with zero attached hydrogens (tertiary/aromatic N) is 1. The Hall–Kier alpha value is -2.48. The molecule has 0 radical (unpaired) electrons. The van der Waals surface area contributed by atoms with E-state index in [0.29, 0.717) is 17.4 Å². The highest BCUT2D eigenvalue weighted by molar-refractivity contribution is 6.11. The van der Waals surface area contributed by atoms with Crippen LogP contribution in [0.4, 0.5) is 0 Å². The van der Waals surface area contributed by atoms with Crippen LogP contribution in [0.3, 0.4) is 0 Å². The molecule has 102 valence electrons. The zero-order valence-corrected chi connectivity index (χ0v) is 11.1. The van der Waals surface area contributed by atoms with Crippen molar-refractivity contribution in [2.24, 2.45) is 11.3 Å². The third-order valence-electron chi connectivity index (χ3n) is 3.92.